The fourth-order valence-corrected chi connectivity index (χ4v) is 2.57. The second-order valence-electron chi connectivity index (χ2n) is 3.61. The first-order valence-electron chi connectivity index (χ1n) is 5.04. The lowest BCUT2D eigenvalue weighted by Gasteiger charge is -2.03. The third-order valence-electron chi connectivity index (χ3n) is 2.34. The minimum absolute atomic E-state index is 0.290. The summed E-state index contributed by atoms with van der Waals surface area (Å²) in [7, 11) is 1.77. The molecule has 0 unspecified atom stereocenters. The summed E-state index contributed by atoms with van der Waals surface area (Å²) in [5.41, 5.74) is 1.24. The van der Waals surface area contributed by atoms with E-state index >= 15 is 0 Å². The standard InChI is InChI=1S/C12H11FN2OS/c1-8-11(7-16)12(15(2)14-8)17-10-5-3-4-9(13)6-10/h3-7H,1-2H3. The van der Waals surface area contributed by atoms with Crippen molar-refractivity contribution in [3.05, 3.63) is 41.3 Å². The lowest BCUT2D eigenvalue weighted by molar-refractivity contribution is 0.112. The molecule has 0 bridgehead atoms. The van der Waals surface area contributed by atoms with Gasteiger partial charge in [-0.05, 0) is 25.1 Å². The van der Waals surface area contributed by atoms with Crippen LogP contribution in [0.3, 0.4) is 0 Å². The second-order valence-corrected chi connectivity index (χ2v) is 4.67. The summed E-state index contributed by atoms with van der Waals surface area (Å²) >= 11 is 1.33. The predicted molar refractivity (Wildman–Crippen MR) is 63.9 cm³/mol. The van der Waals surface area contributed by atoms with Gasteiger partial charge in [0.15, 0.2) is 6.29 Å². The SMILES string of the molecule is Cc1nn(C)c(Sc2cccc(F)c2)c1C=O. The highest BCUT2D eigenvalue weighted by Gasteiger charge is 2.13. The van der Waals surface area contributed by atoms with E-state index in [2.05, 4.69) is 5.10 Å². The number of halogens is 1. The molecule has 0 radical (unpaired) electrons. The molecule has 5 heteroatoms. The lowest BCUT2D eigenvalue weighted by Crippen LogP contribution is -1.93. The molecule has 17 heavy (non-hydrogen) atoms. The molecule has 0 aliphatic rings. The van der Waals surface area contributed by atoms with Crippen molar-refractivity contribution in [1.29, 1.82) is 0 Å². The summed E-state index contributed by atoms with van der Waals surface area (Å²) in [5.74, 6) is -0.290. The zero-order valence-corrected chi connectivity index (χ0v) is 10.3. The zero-order valence-electron chi connectivity index (χ0n) is 9.48. The highest BCUT2D eigenvalue weighted by atomic mass is 32.2. The van der Waals surface area contributed by atoms with Gasteiger partial charge in [0.05, 0.1) is 11.3 Å². The van der Waals surface area contributed by atoms with Crippen LogP contribution in [0.4, 0.5) is 4.39 Å². The van der Waals surface area contributed by atoms with Crippen LogP contribution in [0.1, 0.15) is 16.1 Å². The average Bonchev–Trinajstić information content (AvgIpc) is 2.53. The van der Waals surface area contributed by atoms with Gasteiger partial charge in [-0.2, -0.15) is 5.10 Å². The summed E-state index contributed by atoms with van der Waals surface area (Å²) in [4.78, 5) is 11.7. The Bertz CT molecular complexity index is 566. The minimum atomic E-state index is -0.290. The number of hydrogen-bond acceptors (Lipinski definition) is 3. The number of rotatable bonds is 3. The number of aldehydes is 1. The highest BCUT2D eigenvalue weighted by Crippen LogP contribution is 2.30. The average molecular weight is 250 g/mol. The number of aryl methyl sites for hydroxylation is 2. The van der Waals surface area contributed by atoms with Crippen molar-refractivity contribution >= 4 is 18.0 Å². The second kappa shape index (κ2) is 4.71. The minimum Gasteiger partial charge on any atom is -0.298 e. The Balaban J connectivity index is 2.39. The maximum Gasteiger partial charge on any atom is 0.154 e. The van der Waals surface area contributed by atoms with E-state index in [0.29, 0.717) is 11.3 Å². The largest absolute Gasteiger partial charge is 0.298 e. The summed E-state index contributed by atoms with van der Waals surface area (Å²) in [6, 6.07) is 6.26. The molecule has 1 aromatic carbocycles. The van der Waals surface area contributed by atoms with Gasteiger partial charge in [-0.15, -0.1) is 0 Å². The van der Waals surface area contributed by atoms with Crippen LogP contribution in [0, 0.1) is 12.7 Å². The van der Waals surface area contributed by atoms with Crippen LogP contribution in [-0.4, -0.2) is 16.1 Å². The molecule has 88 valence electrons. The number of benzene rings is 1. The number of carbonyl (C=O) groups is 1. The van der Waals surface area contributed by atoms with E-state index in [1.807, 2.05) is 0 Å². The maximum absolute atomic E-state index is 13.1. The van der Waals surface area contributed by atoms with Gasteiger partial charge in [0.2, 0.25) is 0 Å². The molecule has 1 aromatic heterocycles. The smallest absolute Gasteiger partial charge is 0.154 e. The number of aromatic nitrogens is 2. The molecule has 0 spiro atoms. The molecule has 1 heterocycles. The first kappa shape index (κ1) is 11.9. The van der Waals surface area contributed by atoms with Crippen molar-refractivity contribution in [1.82, 2.24) is 9.78 Å². The quantitative estimate of drug-likeness (QED) is 0.786. The van der Waals surface area contributed by atoms with E-state index in [-0.39, 0.29) is 5.82 Å². The van der Waals surface area contributed by atoms with Gasteiger partial charge >= 0.3 is 0 Å². The molecule has 0 N–H and O–H groups in total. The number of carbonyl (C=O) groups excluding carboxylic acids is 1. The Morgan fingerprint density at radius 2 is 2.24 bits per heavy atom. The van der Waals surface area contributed by atoms with Crippen molar-refractivity contribution in [2.24, 2.45) is 7.05 Å². The Morgan fingerprint density at radius 1 is 1.47 bits per heavy atom. The molecule has 2 rings (SSSR count). The molecule has 2 aromatic rings. The van der Waals surface area contributed by atoms with Crippen molar-refractivity contribution in [2.75, 3.05) is 0 Å². The van der Waals surface area contributed by atoms with Crippen molar-refractivity contribution in [3.63, 3.8) is 0 Å². The summed E-state index contributed by atoms with van der Waals surface area (Å²) in [5, 5.41) is 4.90. The molecule has 0 aliphatic heterocycles. The van der Waals surface area contributed by atoms with Gasteiger partial charge in [0, 0.05) is 11.9 Å². The first-order chi connectivity index (χ1) is 8.11. The van der Waals surface area contributed by atoms with Crippen molar-refractivity contribution in [3.8, 4) is 0 Å². The fraction of sp³-hybridized carbons (Fsp3) is 0.167. The Hall–Kier alpha value is -1.62. The normalized spacial score (nSPS) is 10.5. The van der Waals surface area contributed by atoms with Crippen LogP contribution >= 0.6 is 11.8 Å². The van der Waals surface area contributed by atoms with Crippen LogP contribution in [-0.2, 0) is 7.05 Å². The highest BCUT2D eigenvalue weighted by molar-refractivity contribution is 7.99. The molecule has 0 saturated carbocycles. The van der Waals surface area contributed by atoms with Gasteiger partial charge in [0.1, 0.15) is 10.8 Å². The van der Waals surface area contributed by atoms with Crippen molar-refractivity contribution < 1.29 is 9.18 Å². The molecule has 0 atom stereocenters. The topological polar surface area (TPSA) is 34.9 Å². The van der Waals surface area contributed by atoms with Crippen LogP contribution in [0.25, 0.3) is 0 Å². The number of nitrogens with zero attached hydrogens (tertiary/aromatic N) is 2. The van der Waals surface area contributed by atoms with Crippen LogP contribution in [0.2, 0.25) is 0 Å². The molecule has 0 amide bonds. The predicted octanol–water partition coefficient (Wildman–Crippen LogP) is 2.83. The molecule has 0 saturated heterocycles. The van der Waals surface area contributed by atoms with E-state index in [0.717, 1.165) is 16.2 Å². The fourth-order valence-electron chi connectivity index (χ4n) is 1.55. The Labute approximate surface area is 103 Å². The monoisotopic (exact) mass is 250 g/mol. The van der Waals surface area contributed by atoms with E-state index < -0.39 is 0 Å². The summed E-state index contributed by atoms with van der Waals surface area (Å²) < 4.78 is 14.7. The third kappa shape index (κ3) is 2.39. The Morgan fingerprint density at radius 3 is 2.88 bits per heavy atom. The van der Waals surface area contributed by atoms with Gasteiger partial charge < -0.3 is 0 Å². The van der Waals surface area contributed by atoms with E-state index in [1.54, 1.807) is 30.8 Å². The van der Waals surface area contributed by atoms with Gasteiger partial charge in [-0.1, -0.05) is 17.8 Å². The molecule has 0 aliphatic carbocycles. The molecule has 3 nitrogen and oxygen atoms in total. The van der Waals surface area contributed by atoms with Crippen LogP contribution in [0.15, 0.2) is 34.2 Å². The Kier molecular flexibility index (Phi) is 3.28. The maximum atomic E-state index is 13.1. The first-order valence-corrected chi connectivity index (χ1v) is 5.85. The summed E-state index contributed by atoms with van der Waals surface area (Å²) in [6.45, 7) is 1.78. The third-order valence-corrected chi connectivity index (χ3v) is 3.51. The zero-order chi connectivity index (χ0) is 12.4. The molecule has 0 fully saturated rings. The summed E-state index contributed by atoms with van der Waals surface area (Å²) in [6.07, 6.45) is 0.782. The number of hydrogen-bond donors (Lipinski definition) is 0. The van der Waals surface area contributed by atoms with Gasteiger partial charge in [0.25, 0.3) is 0 Å². The van der Waals surface area contributed by atoms with Crippen molar-refractivity contribution in [2.45, 2.75) is 16.8 Å². The lowest BCUT2D eigenvalue weighted by atomic mass is 10.3. The van der Waals surface area contributed by atoms with Gasteiger partial charge in [-0.3, -0.25) is 9.48 Å². The molecular weight excluding hydrogens is 239 g/mol. The van der Waals surface area contributed by atoms with E-state index in [4.69, 9.17) is 0 Å². The van der Waals surface area contributed by atoms with E-state index in [1.165, 1.54) is 23.9 Å². The molecular formula is C12H11FN2OS. The van der Waals surface area contributed by atoms with E-state index in [9.17, 15) is 9.18 Å². The van der Waals surface area contributed by atoms with Crippen LogP contribution in [0.5, 0.6) is 0 Å². The van der Waals surface area contributed by atoms with Gasteiger partial charge in [-0.25, -0.2) is 4.39 Å². The van der Waals surface area contributed by atoms with Crippen LogP contribution < -0.4 is 0 Å².